The predicted octanol–water partition coefficient (Wildman–Crippen LogP) is 3.56. The SMILES string of the molecule is CCCCNC(=NCc1ccc(C)cc1)NCC1(N(C)C)CCOCC1.I. The maximum absolute atomic E-state index is 5.58. The van der Waals surface area contributed by atoms with Crippen LogP contribution in [0.15, 0.2) is 29.3 Å². The summed E-state index contributed by atoms with van der Waals surface area (Å²) >= 11 is 0. The molecule has 0 aromatic heterocycles. The summed E-state index contributed by atoms with van der Waals surface area (Å²) in [6.45, 7) is 8.52. The number of benzene rings is 1. The minimum absolute atomic E-state index is 0. The molecule has 1 aliphatic rings. The van der Waals surface area contributed by atoms with Gasteiger partial charge in [0, 0.05) is 31.8 Å². The van der Waals surface area contributed by atoms with Gasteiger partial charge in [0.25, 0.3) is 0 Å². The molecule has 0 radical (unpaired) electrons. The molecule has 0 unspecified atom stereocenters. The number of aryl methyl sites for hydroxylation is 1. The lowest BCUT2D eigenvalue weighted by Gasteiger charge is -2.43. The third-order valence-electron chi connectivity index (χ3n) is 5.32. The van der Waals surface area contributed by atoms with Crippen LogP contribution in [0.25, 0.3) is 0 Å². The molecule has 1 aromatic rings. The van der Waals surface area contributed by atoms with E-state index in [1.807, 2.05) is 0 Å². The Morgan fingerprint density at radius 1 is 1.15 bits per heavy atom. The fraction of sp³-hybridized carbons (Fsp3) is 0.667. The van der Waals surface area contributed by atoms with Crippen molar-refractivity contribution in [1.29, 1.82) is 0 Å². The van der Waals surface area contributed by atoms with Gasteiger partial charge in [-0.15, -0.1) is 24.0 Å². The zero-order chi connectivity index (χ0) is 18.8. The van der Waals surface area contributed by atoms with Crippen LogP contribution < -0.4 is 10.6 Å². The normalized spacial score (nSPS) is 16.7. The van der Waals surface area contributed by atoms with Crippen molar-refractivity contribution in [1.82, 2.24) is 15.5 Å². The van der Waals surface area contributed by atoms with Gasteiger partial charge in [0.1, 0.15) is 0 Å². The van der Waals surface area contributed by atoms with Crippen molar-refractivity contribution < 1.29 is 4.74 Å². The minimum atomic E-state index is 0. The third-order valence-corrected chi connectivity index (χ3v) is 5.32. The molecule has 6 heteroatoms. The number of nitrogens with one attached hydrogen (secondary N) is 2. The molecule has 1 aromatic carbocycles. The number of aliphatic imine (C=N–C) groups is 1. The molecule has 0 aliphatic carbocycles. The molecule has 1 aliphatic heterocycles. The van der Waals surface area contributed by atoms with Crippen molar-refractivity contribution in [3.05, 3.63) is 35.4 Å². The van der Waals surface area contributed by atoms with E-state index >= 15 is 0 Å². The predicted molar refractivity (Wildman–Crippen MR) is 125 cm³/mol. The molecule has 2 N–H and O–H groups in total. The largest absolute Gasteiger partial charge is 0.381 e. The number of halogens is 1. The van der Waals surface area contributed by atoms with E-state index in [2.05, 4.69) is 67.7 Å². The highest BCUT2D eigenvalue weighted by molar-refractivity contribution is 14.0. The molecule has 0 amide bonds. The summed E-state index contributed by atoms with van der Waals surface area (Å²) < 4.78 is 5.58. The summed E-state index contributed by atoms with van der Waals surface area (Å²) in [4.78, 5) is 7.15. The van der Waals surface area contributed by atoms with E-state index in [0.29, 0.717) is 6.54 Å². The van der Waals surface area contributed by atoms with E-state index < -0.39 is 0 Å². The zero-order valence-electron chi connectivity index (χ0n) is 17.4. The Labute approximate surface area is 182 Å². The van der Waals surface area contributed by atoms with Crippen LogP contribution in [-0.4, -0.2) is 56.8 Å². The minimum Gasteiger partial charge on any atom is -0.381 e. The quantitative estimate of drug-likeness (QED) is 0.254. The maximum atomic E-state index is 5.58. The molecule has 0 spiro atoms. The highest BCUT2D eigenvalue weighted by Gasteiger charge is 2.34. The van der Waals surface area contributed by atoms with Crippen molar-refractivity contribution in [2.45, 2.75) is 51.6 Å². The molecule has 154 valence electrons. The Balaban J connectivity index is 0.00000364. The van der Waals surface area contributed by atoms with Crippen LogP contribution in [0.2, 0.25) is 0 Å². The average molecular weight is 488 g/mol. The van der Waals surface area contributed by atoms with Gasteiger partial charge < -0.3 is 20.3 Å². The molecule has 1 fully saturated rings. The first-order valence-corrected chi connectivity index (χ1v) is 9.89. The van der Waals surface area contributed by atoms with Gasteiger partial charge in [-0.3, -0.25) is 0 Å². The van der Waals surface area contributed by atoms with E-state index in [1.54, 1.807) is 0 Å². The number of hydrogen-bond donors (Lipinski definition) is 2. The van der Waals surface area contributed by atoms with Gasteiger partial charge in [0.2, 0.25) is 0 Å². The summed E-state index contributed by atoms with van der Waals surface area (Å²) in [7, 11) is 4.33. The van der Waals surface area contributed by atoms with Crippen molar-refractivity contribution in [3.63, 3.8) is 0 Å². The molecule has 1 saturated heterocycles. The van der Waals surface area contributed by atoms with Gasteiger partial charge in [-0.25, -0.2) is 4.99 Å². The Morgan fingerprint density at radius 3 is 2.41 bits per heavy atom. The lowest BCUT2D eigenvalue weighted by Crippen LogP contribution is -2.57. The monoisotopic (exact) mass is 488 g/mol. The van der Waals surface area contributed by atoms with Crippen molar-refractivity contribution in [3.8, 4) is 0 Å². The van der Waals surface area contributed by atoms with Crippen molar-refractivity contribution in [2.75, 3.05) is 40.4 Å². The molecule has 1 heterocycles. The van der Waals surface area contributed by atoms with Gasteiger partial charge in [0.05, 0.1) is 6.54 Å². The van der Waals surface area contributed by atoms with Crippen LogP contribution in [0.3, 0.4) is 0 Å². The number of nitrogens with zero attached hydrogens (tertiary/aromatic N) is 2. The first kappa shape index (κ1) is 24.2. The summed E-state index contributed by atoms with van der Waals surface area (Å²) in [6.07, 6.45) is 4.43. The second-order valence-corrected chi connectivity index (χ2v) is 7.52. The average Bonchev–Trinajstić information content (AvgIpc) is 2.65. The number of guanidine groups is 1. The number of rotatable bonds is 8. The summed E-state index contributed by atoms with van der Waals surface area (Å²) in [5.41, 5.74) is 2.65. The standard InChI is InChI=1S/C21H36N4O.HI/c1-5-6-13-22-20(23-16-19-9-7-18(2)8-10-19)24-17-21(25(3)4)11-14-26-15-12-21;/h7-10H,5-6,11-17H2,1-4H3,(H2,22,23,24);1H. The van der Waals surface area contributed by atoms with Gasteiger partial charge in [-0.1, -0.05) is 43.2 Å². The molecule has 0 saturated carbocycles. The van der Waals surface area contributed by atoms with E-state index in [9.17, 15) is 0 Å². The summed E-state index contributed by atoms with van der Waals surface area (Å²) in [6, 6.07) is 8.60. The van der Waals surface area contributed by atoms with Gasteiger partial charge >= 0.3 is 0 Å². The lowest BCUT2D eigenvalue weighted by molar-refractivity contribution is -0.00501. The second-order valence-electron chi connectivity index (χ2n) is 7.52. The van der Waals surface area contributed by atoms with Crippen LogP contribution in [0, 0.1) is 6.92 Å². The van der Waals surface area contributed by atoms with Crippen LogP contribution >= 0.6 is 24.0 Å². The Bertz CT molecular complexity index is 554. The number of ether oxygens (including phenoxy) is 1. The zero-order valence-corrected chi connectivity index (χ0v) is 19.7. The fourth-order valence-corrected chi connectivity index (χ4v) is 3.20. The van der Waals surface area contributed by atoms with Crippen LogP contribution in [-0.2, 0) is 11.3 Å². The Morgan fingerprint density at radius 2 is 1.81 bits per heavy atom. The highest BCUT2D eigenvalue weighted by atomic mass is 127. The highest BCUT2D eigenvalue weighted by Crippen LogP contribution is 2.25. The van der Waals surface area contributed by atoms with Gasteiger partial charge in [-0.2, -0.15) is 0 Å². The Kier molecular flexibility index (Phi) is 11.3. The topological polar surface area (TPSA) is 48.9 Å². The van der Waals surface area contributed by atoms with Gasteiger partial charge in [0.15, 0.2) is 5.96 Å². The van der Waals surface area contributed by atoms with Crippen molar-refractivity contribution >= 4 is 29.9 Å². The number of likely N-dealkylation sites (N-methyl/N-ethyl adjacent to an activating group) is 1. The smallest absolute Gasteiger partial charge is 0.191 e. The maximum Gasteiger partial charge on any atom is 0.191 e. The van der Waals surface area contributed by atoms with Crippen LogP contribution in [0.1, 0.15) is 43.7 Å². The summed E-state index contributed by atoms with van der Waals surface area (Å²) in [5, 5.41) is 7.08. The van der Waals surface area contributed by atoms with E-state index in [0.717, 1.165) is 51.5 Å². The molecule has 2 rings (SSSR count). The molecule has 0 atom stereocenters. The molecular formula is C21H37IN4O. The number of hydrogen-bond acceptors (Lipinski definition) is 3. The molecule has 0 bridgehead atoms. The van der Waals surface area contributed by atoms with Crippen LogP contribution in [0.4, 0.5) is 0 Å². The fourth-order valence-electron chi connectivity index (χ4n) is 3.20. The van der Waals surface area contributed by atoms with Crippen molar-refractivity contribution in [2.24, 2.45) is 4.99 Å². The number of unbranched alkanes of at least 4 members (excludes halogenated alkanes) is 1. The summed E-state index contributed by atoms with van der Waals surface area (Å²) in [5.74, 6) is 0.909. The van der Waals surface area contributed by atoms with Crippen LogP contribution in [0.5, 0.6) is 0 Å². The second kappa shape index (κ2) is 12.6. The van der Waals surface area contributed by atoms with Gasteiger partial charge in [-0.05, 0) is 45.8 Å². The van der Waals surface area contributed by atoms with E-state index in [4.69, 9.17) is 9.73 Å². The first-order valence-electron chi connectivity index (χ1n) is 9.89. The molecular weight excluding hydrogens is 451 g/mol. The Hall–Kier alpha value is -0.860. The van der Waals surface area contributed by atoms with E-state index in [-0.39, 0.29) is 29.5 Å². The first-order chi connectivity index (χ1) is 12.6. The lowest BCUT2D eigenvalue weighted by atomic mass is 9.88. The molecule has 27 heavy (non-hydrogen) atoms. The third kappa shape index (κ3) is 7.95. The molecule has 5 nitrogen and oxygen atoms in total. The van der Waals surface area contributed by atoms with E-state index in [1.165, 1.54) is 17.5 Å².